The predicted octanol–water partition coefficient (Wildman–Crippen LogP) is 3.79. The fourth-order valence-electron chi connectivity index (χ4n) is 3.18. The number of benzene rings is 1. The van der Waals surface area contributed by atoms with E-state index in [0.29, 0.717) is 23.2 Å². The third-order valence-electron chi connectivity index (χ3n) is 5.16. The van der Waals surface area contributed by atoms with E-state index in [2.05, 4.69) is 20.6 Å². The maximum Gasteiger partial charge on any atom is 0.251 e. The number of anilines is 1. The number of aliphatic hydroxyl groups is 1. The predicted molar refractivity (Wildman–Crippen MR) is 115 cm³/mol. The molecule has 1 aliphatic carbocycles. The van der Waals surface area contributed by atoms with E-state index in [0.717, 1.165) is 35.1 Å². The first-order valence-corrected chi connectivity index (χ1v) is 10.1. The van der Waals surface area contributed by atoms with E-state index in [1.807, 2.05) is 45.0 Å². The summed E-state index contributed by atoms with van der Waals surface area (Å²) in [6, 6.07) is 7.97. The topological polar surface area (TPSA) is 100 Å². The Morgan fingerprint density at radius 3 is 2.70 bits per heavy atom. The van der Waals surface area contributed by atoms with Crippen molar-refractivity contribution in [3.63, 3.8) is 0 Å². The molecule has 0 spiro atoms. The second-order valence-electron chi connectivity index (χ2n) is 8.43. The quantitative estimate of drug-likeness (QED) is 0.552. The summed E-state index contributed by atoms with van der Waals surface area (Å²) in [4.78, 5) is 21.1. The minimum Gasteiger partial charge on any atom is -0.443 e. The maximum atomic E-state index is 12.5. The van der Waals surface area contributed by atoms with Crippen LogP contribution in [0.25, 0.3) is 22.5 Å². The van der Waals surface area contributed by atoms with Gasteiger partial charge < -0.3 is 20.2 Å². The van der Waals surface area contributed by atoms with E-state index >= 15 is 0 Å². The fourth-order valence-corrected chi connectivity index (χ4v) is 3.18. The second-order valence-corrected chi connectivity index (χ2v) is 8.43. The molecule has 0 atom stereocenters. The molecule has 1 fully saturated rings. The summed E-state index contributed by atoms with van der Waals surface area (Å²) >= 11 is 0. The highest BCUT2D eigenvalue weighted by Gasteiger charge is 2.24. The number of pyridine rings is 1. The van der Waals surface area contributed by atoms with Crippen molar-refractivity contribution in [3.8, 4) is 22.5 Å². The smallest absolute Gasteiger partial charge is 0.251 e. The van der Waals surface area contributed by atoms with Crippen molar-refractivity contribution < 1.29 is 14.3 Å². The molecule has 1 amide bonds. The molecule has 0 radical (unpaired) electrons. The van der Waals surface area contributed by atoms with Crippen molar-refractivity contribution in [1.82, 2.24) is 15.3 Å². The van der Waals surface area contributed by atoms with Crippen molar-refractivity contribution in [3.05, 3.63) is 54.2 Å². The van der Waals surface area contributed by atoms with Crippen LogP contribution in [0.1, 0.15) is 42.6 Å². The summed E-state index contributed by atoms with van der Waals surface area (Å²) in [5.74, 6) is 1.11. The Hall–Kier alpha value is -3.19. The van der Waals surface area contributed by atoms with Crippen LogP contribution in [0.3, 0.4) is 0 Å². The number of aromatic nitrogens is 2. The third-order valence-corrected chi connectivity index (χ3v) is 5.16. The van der Waals surface area contributed by atoms with Gasteiger partial charge in [0.1, 0.15) is 5.82 Å². The summed E-state index contributed by atoms with van der Waals surface area (Å²) in [5, 5.41) is 15.9. The first kappa shape index (κ1) is 20.1. The number of carbonyl (C=O) groups is 1. The Bertz CT molecular complexity index is 1060. The molecule has 0 bridgehead atoms. The SMILES string of the molecule is Cc1ccc(C(=O)NC2CC2)cc1-c1cnc(NC(C)(C)CO)c(-c2cnco2)c1. The average Bonchev–Trinajstić information content (AvgIpc) is 3.37. The monoisotopic (exact) mass is 406 g/mol. The molecule has 30 heavy (non-hydrogen) atoms. The minimum absolute atomic E-state index is 0.0508. The van der Waals surface area contributed by atoms with Crippen LogP contribution >= 0.6 is 0 Å². The molecule has 0 saturated heterocycles. The lowest BCUT2D eigenvalue weighted by Gasteiger charge is -2.25. The van der Waals surface area contributed by atoms with Gasteiger partial charge in [-0.15, -0.1) is 0 Å². The Morgan fingerprint density at radius 2 is 2.03 bits per heavy atom. The summed E-state index contributed by atoms with van der Waals surface area (Å²) in [6.07, 6.45) is 6.86. The number of carbonyl (C=O) groups excluding carboxylic acids is 1. The molecule has 3 N–H and O–H groups in total. The van der Waals surface area contributed by atoms with Gasteiger partial charge in [0.2, 0.25) is 0 Å². The average molecular weight is 406 g/mol. The van der Waals surface area contributed by atoms with Crippen LogP contribution in [0.15, 0.2) is 47.5 Å². The molecule has 0 aliphatic heterocycles. The number of amides is 1. The van der Waals surface area contributed by atoms with Crippen molar-refractivity contribution in [1.29, 1.82) is 0 Å². The molecule has 1 saturated carbocycles. The van der Waals surface area contributed by atoms with Crippen LogP contribution in [-0.4, -0.2) is 39.2 Å². The second kappa shape index (κ2) is 7.91. The lowest BCUT2D eigenvalue weighted by molar-refractivity contribution is 0.0951. The highest BCUT2D eigenvalue weighted by Crippen LogP contribution is 2.34. The normalized spacial score (nSPS) is 13.9. The molecule has 156 valence electrons. The van der Waals surface area contributed by atoms with Gasteiger partial charge in [0.15, 0.2) is 12.2 Å². The maximum absolute atomic E-state index is 12.5. The van der Waals surface area contributed by atoms with E-state index < -0.39 is 5.54 Å². The van der Waals surface area contributed by atoms with Crippen LogP contribution in [0, 0.1) is 6.92 Å². The van der Waals surface area contributed by atoms with Crippen LogP contribution in [0.2, 0.25) is 0 Å². The van der Waals surface area contributed by atoms with Gasteiger partial charge in [0, 0.05) is 23.4 Å². The van der Waals surface area contributed by atoms with Gasteiger partial charge >= 0.3 is 0 Å². The molecule has 7 nitrogen and oxygen atoms in total. The summed E-state index contributed by atoms with van der Waals surface area (Å²) in [5.41, 5.74) is 3.65. The molecular weight excluding hydrogens is 380 g/mol. The van der Waals surface area contributed by atoms with Gasteiger partial charge in [-0.25, -0.2) is 9.97 Å². The molecule has 1 aromatic carbocycles. The zero-order valence-electron chi connectivity index (χ0n) is 17.4. The largest absolute Gasteiger partial charge is 0.443 e. The van der Waals surface area contributed by atoms with Gasteiger partial charge in [0.25, 0.3) is 5.91 Å². The zero-order chi connectivity index (χ0) is 21.3. The molecule has 1 aliphatic rings. The molecule has 2 aromatic heterocycles. The number of aryl methyl sites for hydroxylation is 1. The van der Waals surface area contributed by atoms with E-state index in [1.165, 1.54) is 6.39 Å². The highest BCUT2D eigenvalue weighted by molar-refractivity contribution is 5.96. The van der Waals surface area contributed by atoms with Crippen molar-refractivity contribution >= 4 is 11.7 Å². The van der Waals surface area contributed by atoms with Gasteiger partial charge in [-0.3, -0.25) is 4.79 Å². The molecular formula is C23H26N4O3. The standard InChI is InChI=1S/C23H26N4O3/c1-14-4-5-15(22(29)26-17-6-7-17)8-18(14)16-9-19(20-11-24-13-30-20)21(25-10-16)27-23(2,3)12-28/h4-5,8-11,13,17,28H,6-7,12H2,1-3H3,(H,25,27)(H,26,29). The number of hydrogen-bond donors (Lipinski definition) is 3. The van der Waals surface area contributed by atoms with Crippen LogP contribution < -0.4 is 10.6 Å². The Kier molecular flexibility index (Phi) is 5.30. The Labute approximate surface area is 175 Å². The number of hydrogen-bond acceptors (Lipinski definition) is 6. The van der Waals surface area contributed by atoms with E-state index in [-0.39, 0.29) is 12.5 Å². The van der Waals surface area contributed by atoms with E-state index in [4.69, 9.17) is 4.42 Å². The molecule has 7 heteroatoms. The number of aliphatic hydroxyl groups excluding tert-OH is 1. The summed E-state index contributed by atoms with van der Waals surface area (Å²) < 4.78 is 5.52. The lowest BCUT2D eigenvalue weighted by atomic mass is 9.97. The fraction of sp³-hybridized carbons (Fsp3) is 0.348. The number of rotatable bonds is 7. The zero-order valence-corrected chi connectivity index (χ0v) is 17.4. The molecule has 2 heterocycles. The lowest BCUT2D eigenvalue weighted by Crippen LogP contribution is -2.35. The first-order valence-electron chi connectivity index (χ1n) is 10.1. The first-order chi connectivity index (χ1) is 14.4. The number of nitrogens with zero attached hydrogens (tertiary/aromatic N) is 2. The summed E-state index contributed by atoms with van der Waals surface area (Å²) in [6.45, 7) is 5.73. The third kappa shape index (κ3) is 4.36. The molecule has 4 rings (SSSR count). The Morgan fingerprint density at radius 1 is 1.23 bits per heavy atom. The van der Waals surface area contributed by atoms with Crippen LogP contribution in [0.5, 0.6) is 0 Å². The number of oxazole rings is 1. The van der Waals surface area contributed by atoms with E-state index in [9.17, 15) is 9.90 Å². The van der Waals surface area contributed by atoms with Crippen LogP contribution in [-0.2, 0) is 0 Å². The Balaban J connectivity index is 1.74. The van der Waals surface area contributed by atoms with Gasteiger partial charge in [-0.1, -0.05) is 6.07 Å². The van der Waals surface area contributed by atoms with E-state index in [1.54, 1.807) is 12.4 Å². The van der Waals surface area contributed by atoms with Crippen LogP contribution in [0.4, 0.5) is 5.82 Å². The van der Waals surface area contributed by atoms with Gasteiger partial charge in [-0.2, -0.15) is 0 Å². The van der Waals surface area contributed by atoms with Crippen molar-refractivity contribution in [2.45, 2.75) is 45.2 Å². The summed E-state index contributed by atoms with van der Waals surface area (Å²) in [7, 11) is 0. The molecule has 0 unspecified atom stereocenters. The highest BCUT2D eigenvalue weighted by atomic mass is 16.3. The van der Waals surface area contributed by atoms with Gasteiger partial charge in [0.05, 0.1) is 23.9 Å². The number of nitrogens with one attached hydrogen (secondary N) is 2. The van der Waals surface area contributed by atoms with Gasteiger partial charge in [-0.05, 0) is 62.9 Å². The van der Waals surface area contributed by atoms with Crippen molar-refractivity contribution in [2.75, 3.05) is 11.9 Å². The van der Waals surface area contributed by atoms with Crippen molar-refractivity contribution in [2.24, 2.45) is 0 Å². The molecule has 3 aromatic rings. The minimum atomic E-state index is -0.556.